The van der Waals surface area contributed by atoms with Gasteiger partial charge >= 0.3 is 0 Å². The number of thiol groups is 1. The van der Waals surface area contributed by atoms with E-state index in [-0.39, 0.29) is 49.9 Å². The fourth-order valence-electron chi connectivity index (χ4n) is 5.45. The molecule has 2 aromatic rings. The van der Waals surface area contributed by atoms with E-state index in [2.05, 4.69) is 44.2 Å². The maximum absolute atomic E-state index is 13.6. The van der Waals surface area contributed by atoms with Crippen molar-refractivity contribution in [1.82, 2.24) is 26.6 Å². The van der Waals surface area contributed by atoms with Crippen LogP contribution in [0.25, 0.3) is 0 Å². The van der Waals surface area contributed by atoms with Crippen molar-refractivity contribution in [1.29, 1.82) is 0 Å². The van der Waals surface area contributed by atoms with E-state index >= 15 is 0 Å². The number of hydrogen-bond donors (Lipinski definition) is 11. The summed E-state index contributed by atoms with van der Waals surface area (Å²) in [7, 11) is 0. The van der Waals surface area contributed by atoms with Crippen LogP contribution in [0.15, 0.2) is 65.7 Å². The van der Waals surface area contributed by atoms with E-state index in [1.165, 1.54) is 6.92 Å². The van der Waals surface area contributed by atoms with E-state index in [9.17, 15) is 33.9 Å². The number of amides is 6. The van der Waals surface area contributed by atoms with Gasteiger partial charge in [0.25, 0.3) is 0 Å². The van der Waals surface area contributed by atoms with Crippen LogP contribution in [0.1, 0.15) is 51.2 Å². The number of aliphatic hydroxyl groups is 1. The van der Waals surface area contributed by atoms with Crippen molar-refractivity contribution in [2.75, 3.05) is 12.3 Å². The summed E-state index contributed by atoms with van der Waals surface area (Å²) in [6.45, 7) is 5.15. The highest BCUT2D eigenvalue weighted by Crippen LogP contribution is 2.10. The molecule has 302 valence electrons. The molecule has 18 heteroatoms. The van der Waals surface area contributed by atoms with E-state index in [4.69, 9.17) is 22.9 Å². The normalized spacial score (nSPS) is 14.8. The van der Waals surface area contributed by atoms with Gasteiger partial charge in [-0.3, -0.25) is 33.8 Å². The topological polar surface area (TPSA) is 299 Å². The Morgan fingerprint density at radius 1 is 0.673 bits per heavy atom. The van der Waals surface area contributed by atoms with Crippen LogP contribution in [-0.2, 0) is 41.6 Å². The Kier molecular flexibility index (Phi) is 19.7. The minimum Gasteiger partial charge on any atom is -0.391 e. The monoisotopic (exact) mass is 784 g/mol. The first-order chi connectivity index (χ1) is 26.0. The lowest BCUT2D eigenvalue weighted by Crippen LogP contribution is -2.61. The van der Waals surface area contributed by atoms with Gasteiger partial charge in [0.2, 0.25) is 35.4 Å². The summed E-state index contributed by atoms with van der Waals surface area (Å²) in [5.74, 6) is -4.96. The minimum atomic E-state index is -1.45. The highest BCUT2D eigenvalue weighted by atomic mass is 32.1. The highest BCUT2D eigenvalue weighted by Gasteiger charge is 2.34. The summed E-state index contributed by atoms with van der Waals surface area (Å²) >= 11 is 4.26. The van der Waals surface area contributed by atoms with Gasteiger partial charge in [-0.15, -0.1) is 0 Å². The molecule has 14 N–H and O–H groups in total. The second kappa shape index (κ2) is 23.6. The van der Waals surface area contributed by atoms with Crippen molar-refractivity contribution in [3.8, 4) is 0 Å². The SMILES string of the molecule is CC(C)C[C@H](NC(=O)[C@H](NC(=O)[C@H](N)Cc1ccccc1)[C@H](C)O)C(=O)N[C@H](CS)C(=O)N[C@H](Cc1ccccc1)C(=O)N[C@@H](CCCN=C(N)N)C(N)=O. The standard InChI is InChI=1S/C37H56N10O7S/c1-21(2)17-27(45-36(54)30(22(3)48)47-32(50)25(38)18-23-11-6-4-7-12-23)33(51)46-29(20-55)35(53)44-28(19-24-13-8-5-9-14-24)34(52)43-26(31(39)49)15-10-16-42-37(40)41/h4-9,11-14,21-22,25-30,48,55H,10,15-20,38H2,1-3H3,(H2,39,49)(H,43,52)(H,44,53)(H,45,54)(H,46,51)(H,47,50)(H4,40,41,42)/t22-,25+,26-,27-,28+,29+,30+/m0/s1. The zero-order valence-electron chi connectivity index (χ0n) is 31.4. The van der Waals surface area contributed by atoms with Crippen molar-refractivity contribution in [3.05, 3.63) is 71.8 Å². The number of hydrogen-bond acceptors (Lipinski definition) is 10. The van der Waals surface area contributed by atoms with Gasteiger partial charge < -0.3 is 54.6 Å². The Morgan fingerprint density at radius 2 is 1.16 bits per heavy atom. The number of aliphatic imine (C=N–C) groups is 1. The third-order valence-corrected chi connectivity index (χ3v) is 8.74. The van der Waals surface area contributed by atoms with E-state index in [0.29, 0.717) is 12.0 Å². The number of primary amides is 1. The van der Waals surface area contributed by atoms with Crippen LogP contribution in [-0.4, -0.2) is 101 Å². The van der Waals surface area contributed by atoms with Gasteiger partial charge in [-0.05, 0) is 49.7 Å². The van der Waals surface area contributed by atoms with Gasteiger partial charge in [-0.2, -0.15) is 12.6 Å². The largest absolute Gasteiger partial charge is 0.391 e. The summed E-state index contributed by atoms with van der Waals surface area (Å²) < 4.78 is 0. The van der Waals surface area contributed by atoms with E-state index in [1.54, 1.807) is 54.6 Å². The van der Waals surface area contributed by atoms with Crippen LogP contribution in [0.5, 0.6) is 0 Å². The average molecular weight is 785 g/mol. The number of carbonyl (C=O) groups excluding carboxylic acids is 6. The van der Waals surface area contributed by atoms with E-state index in [1.807, 2.05) is 19.9 Å². The lowest BCUT2D eigenvalue weighted by Gasteiger charge is -2.28. The molecule has 0 bridgehead atoms. The van der Waals surface area contributed by atoms with Crippen LogP contribution < -0.4 is 49.5 Å². The smallest absolute Gasteiger partial charge is 0.245 e. The Balaban J connectivity index is 2.20. The third-order valence-electron chi connectivity index (χ3n) is 8.37. The predicted molar refractivity (Wildman–Crippen MR) is 212 cm³/mol. The molecule has 0 spiro atoms. The molecule has 6 amide bonds. The van der Waals surface area contributed by atoms with Crippen LogP contribution in [0, 0.1) is 5.92 Å². The summed E-state index contributed by atoms with van der Waals surface area (Å²) in [6.07, 6.45) is -0.557. The molecule has 0 unspecified atom stereocenters. The predicted octanol–water partition coefficient (Wildman–Crippen LogP) is -1.88. The lowest BCUT2D eigenvalue weighted by molar-refractivity contribution is -0.136. The average Bonchev–Trinajstić information content (AvgIpc) is 3.13. The lowest BCUT2D eigenvalue weighted by atomic mass is 10.0. The highest BCUT2D eigenvalue weighted by molar-refractivity contribution is 7.80. The Hall–Kier alpha value is -5.20. The molecular formula is C37H56N10O7S. The molecule has 55 heavy (non-hydrogen) atoms. The van der Waals surface area contributed by atoms with Crippen molar-refractivity contribution in [2.24, 2.45) is 33.8 Å². The number of benzene rings is 2. The van der Waals surface area contributed by atoms with Crippen LogP contribution >= 0.6 is 12.6 Å². The minimum absolute atomic E-state index is 0.0264. The number of rotatable bonds is 23. The second-order valence-electron chi connectivity index (χ2n) is 13.6. The van der Waals surface area contributed by atoms with Gasteiger partial charge in [0.1, 0.15) is 30.2 Å². The number of carbonyl (C=O) groups is 6. The fraction of sp³-hybridized carbons (Fsp3) is 0.486. The summed E-state index contributed by atoms with van der Waals surface area (Å²) in [4.78, 5) is 83.2. The second-order valence-corrected chi connectivity index (χ2v) is 14.0. The summed E-state index contributed by atoms with van der Waals surface area (Å²) in [5, 5.41) is 23.3. The molecule has 0 saturated heterocycles. The quantitative estimate of drug-likeness (QED) is 0.0258. The third kappa shape index (κ3) is 16.8. The first-order valence-corrected chi connectivity index (χ1v) is 18.6. The molecule has 7 atom stereocenters. The number of nitrogens with zero attached hydrogens (tertiary/aromatic N) is 1. The van der Waals surface area contributed by atoms with Crippen molar-refractivity contribution >= 4 is 54.0 Å². The molecule has 0 aliphatic rings. The summed E-state index contributed by atoms with van der Waals surface area (Å²) in [6, 6.07) is 10.6. The molecule has 2 aromatic carbocycles. The summed E-state index contributed by atoms with van der Waals surface area (Å²) in [5.41, 5.74) is 23.8. The maximum Gasteiger partial charge on any atom is 0.245 e. The molecule has 0 aliphatic heterocycles. The number of nitrogens with two attached hydrogens (primary N) is 4. The zero-order valence-corrected chi connectivity index (χ0v) is 32.3. The molecule has 17 nitrogen and oxygen atoms in total. The van der Waals surface area contributed by atoms with Gasteiger partial charge in [0, 0.05) is 18.7 Å². The Labute approximate surface area is 327 Å². The number of guanidine groups is 1. The molecule has 0 radical (unpaired) electrons. The fourth-order valence-corrected chi connectivity index (χ4v) is 5.71. The molecule has 2 rings (SSSR count). The van der Waals surface area contributed by atoms with Gasteiger partial charge in [-0.25, -0.2) is 0 Å². The van der Waals surface area contributed by atoms with Gasteiger partial charge in [0.15, 0.2) is 5.96 Å². The Bertz CT molecular complexity index is 1590. The molecule has 0 saturated carbocycles. The molecule has 0 heterocycles. The number of aliphatic hydroxyl groups excluding tert-OH is 1. The van der Waals surface area contributed by atoms with E-state index < -0.39 is 77.8 Å². The van der Waals surface area contributed by atoms with Crippen LogP contribution in [0.2, 0.25) is 0 Å². The first-order valence-electron chi connectivity index (χ1n) is 18.0. The number of nitrogens with one attached hydrogen (secondary N) is 5. The maximum atomic E-state index is 13.6. The zero-order chi connectivity index (χ0) is 41.1. The van der Waals surface area contributed by atoms with Crippen molar-refractivity contribution in [3.63, 3.8) is 0 Å². The molecule has 0 aromatic heterocycles. The first kappa shape index (κ1) is 46.0. The van der Waals surface area contributed by atoms with Gasteiger partial charge in [-0.1, -0.05) is 74.5 Å². The van der Waals surface area contributed by atoms with Crippen molar-refractivity contribution < 1.29 is 33.9 Å². The Morgan fingerprint density at radius 3 is 1.67 bits per heavy atom. The van der Waals surface area contributed by atoms with E-state index in [0.717, 1.165) is 5.56 Å². The molecule has 0 fully saturated rings. The van der Waals surface area contributed by atoms with Gasteiger partial charge in [0.05, 0.1) is 12.1 Å². The van der Waals surface area contributed by atoms with Crippen LogP contribution in [0.4, 0.5) is 0 Å². The molecule has 0 aliphatic carbocycles. The molecular weight excluding hydrogens is 729 g/mol. The van der Waals surface area contributed by atoms with Crippen LogP contribution in [0.3, 0.4) is 0 Å². The van der Waals surface area contributed by atoms with Crippen molar-refractivity contribution in [2.45, 2.75) is 95.2 Å².